The van der Waals surface area contributed by atoms with E-state index in [4.69, 9.17) is 0 Å². The summed E-state index contributed by atoms with van der Waals surface area (Å²) in [6, 6.07) is 9.03. The van der Waals surface area contributed by atoms with Crippen LogP contribution < -0.4 is 5.32 Å². The SMILES string of the molecule is CCn1cc(-c2ccc([C@H](C)NC)cc2)cn1. The van der Waals surface area contributed by atoms with Crippen molar-refractivity contribution < 1.29 is 0 Å². The molecule has 1 N–H and O–H groups in total. The predicted octanol–water partition coefficient (Wildman–Crippen LogP) is 2.85. The normalized spacial score (nSPS) is 12.6. The van der Waals surface area contributed by atoms with Crippen LogP contribution in [0.25, 0.3) is 11.1 Å². The molecule has 0 aliphatic rings. The highest BCUT2D eigenvalue weighted by Crippen LogP contribution is 2.21. The maximum absolute atomic E-state index is 4.29. The Bertz CT molecular complexity index is 470. The van der Waals surface area contributed by atoms with Crippen molar-refractivity contribution in [1.29, 1.82) is 0 Å². The number of aryl methyl sites for hydroxylation is 1. The van der Waals surface area contributed by atoms with Gasteiger partial charge in [-0.1, -0.05) is 24.3 Å². The lowest BCUT2D eigenvalue weighted by molar-refractivity contribution is 0.652. The third-order valence-electron chi connectivity index (χ3n) is 3.13. The van der Waals surface area contributed by atoms with Gasteiger partial charge in [0.25, 0.3) is 0 Å². The fourth-order valence-electron chi connectivity index (χ4n) is 1.82. The molecule has 90 valence electrons. The topological polar surface area (TPSA) is 29.9 Å². The molecule has 0 unspecified atom stereocenters. The Balaban J connectivity index is 2.22. The molecule has 1 aromatic heterocycles. The van der Waals surface area contributed by atoms with Gasteiger partial charge >= 0.3 is 0 Å². The van der Waals surface area contributed by atoms with Crippen LogP contribution in [-0.2, 0) is 6.54 Å². The van der Waals surface area contributed by atoms with E-state index < -0.39 is 0 Å². The highest BCUT2D eigenvalue weighted by molar-refractivity contribution is 5.62. The lowest BCUT2D eigenvalue weighted by Crippen LogP contribution is -2.11. The Morgan fingerprint density at radius 1 is 1.24 bits per heavy atom. The van der Waals surface area contributed by atoms with Crippen molar-refractivity contribution in [3.8, 4) is 11.1 Å². The van der Waals surface area contributed by atoms with Crippen LogP contribution in [0.4, 0.5) is 0 Å². The van der Waals surface area contributed by atoms with Gasteiger partial charge in [-0.3, -0.25) is 4.68 Å². The quantitative estimate of drug-likeness (QED) is 0.873. The van der Waals surface area contributed by atoms with Crippen LogP contribution in [0.5, 0.6) is 0 Å². The minimum atomic E-state index is 0.391. The predicted molar refractivity (Wildman–Crippen MR) is 70.8 cm³/mol. The molecule has 1 atom stereocenters. The highest BCUT2D eigenvalue weighted by atomic mass is 15.3. The summed E-state index contributed by atoms with van der Waals surface area (Å²) in [5, 5.41) is 7.53. The molecule has 0 amide bonds. The summed E-state index contributed by atoms with van der Waals surface area (Å²) in [5.41, 5.74) is 3.70. The molecule has 3 heteroatoms. The van der Waals surface area contributed by atoms with E-state index >= 15 is 0 Å². The van der Waals surface area contributed by atoms with E-state index in [2.05, 4.69) is 54.7 Å². The minimum Gasteiger partial charge on any atom is -0.313 e. The number of hydrogen-bond donors (Lipinski definition) is 1. The van der Waals surface area contributed by atoms with Gasteiger partial charge in [-0.2, -0.15) is 5.10 Å². The summed E-state index contributed by atoms with van der Waals surface area (Å²) in [7, 11) is 1.98. The van der Waals surface area contributed by atoms with Gasteiger partial charge in [0.05, 0.1) is 6.20 Å². The Labute approximate surface area is 102 Å². The lowest BCUT2D eigenvalue weighted by atomic mass is 10.0. The Hall–Kier alpha value is -1.61. The van der Waals surface area contributed by atoms with E-state index in [0.717, 1.165) is 6.54 Å². The number of hydrogen-bond acceptors (Lipinski definition) is 2. The summed E-state index contributed by atoms with van der Waals surface area (Å²) in [4.78, 5) is 0. The van der Waals surface area contributed by atoms with E-state index in [1.165, 1.54) is 16.7 Å². The van der Waals surface area contributed by atoms with Crippen LogP contribution in [-0.4, -0.2) is 16.8 Å². The average molecular weight is 229 g/mol. The fraction of sp³-hybridized carbons (Fsp3) is 0.357. The summed E-state index contributed by atoms with van der Waals surface area (Å²) >= 11 is 0. The average Bonchev–Trinajstić information content (AvgIpc) is 2.87. The first kappa shape index (κ1) is 11.9. The third-order valence-corrected chi connectivity index (χ3v) is 3.13. The van der Waals surface area contributed by atoms with Crippen molar-refractivity contribution in [2.24, 2.45) is 0 Å². The minimum absolute atomic E-state index is 0.391. The van der Waals surface area contributed by atoms with E-state index in [1.807, 2.05) is 17.9 Å². The zero-order chi connectivity index (χ0) is 12.3. The van der Waals surface area contributed by atoms with Gasteiger partial charge in [0.1, 0.15) is 0 Å². The third kappa shape index (κ3) is 2.56. The Morgan fingerprint density at radius 2 is 1.94 bits per heavy atom. The number of aromatic nitrogens is 2. The van der Waals surface area contributed by atoms with Gasteiger partial charge in [0.15, 0.2) is 0 Å². The number of benzene rings is 1. The molecule has 0 aliphatic heterocycles. The van der Waals surface area contributed by atoms with Gasteiger partial charge in [0, 0.05) is 24.3 Å². The first-order valence-corrected chi connectivity index (χ1v) is 6.04. The fourth-order valence-corrected chi connectivity index (χ4v) is 1.82. The van der Waals surface area contributed by atoms with E-state index in [-0.39, 0.29) is 0 Å². The molecule has 2 aromatic rings. The van der Waals surface area contributed by atoms with Crippen molar-refractivity contribution in [2.45, 2.75) is 26.4 Å². The Morgan fingerprint density at radius 3 is 2.47 bits per heavy atom. The van der Waals surface area contributed by atoms with Crippen molar-refractivity contribution >= 4 is 0 Å². The van der Waals surface area contributed by atoms with Crippen molar-refractivity contribution in [2.75, 3.05) is 7.05 Å². The highest BCUT2D eigenvalue weighted by Gasteiger charge is 2.04. The molecule has 0 fully saturated rings. The zero-order valence-corrected chi connectivity index (χ0v) is 10.6. The summed E-state index contributed by atoms with van der Waals surface area (Å²) < 4.78 is 1.94. The molecular weight excluding hydrogens is 210 g/mol. The van der Waals surface area contributed by atoms with Crippen LogP contribution in [0.3, 0.4) is 0 Å². The molecule has 0 spiro atoms. The Kier molecular flexibility index (Phi) is 3.59. The summed E-state index contributed by atoms with van der Waals surface area (Å²) in [5.74, 6) is 0. The molecule has 0 saturated heterocycles. The van der Waals surface area contributed by atoms with Gasteiger partial charge < -0.3 is 5.32 Å². The maximum atomic E-state index is 4.29. The summed E-state index contributed by atoms with van der Waals surface area (Å²) in [6.45, 7) is 5.16. The molecule has 3 nitrogen and oxygen atoms in total. The summed E-state index contributed by atoms with van der Waals surface area (Å²) in [6.07, 6.45) is 4.00. The van der Waals surface area contributed by atoms with Crippen molar-refractivity contribution in [3.05, 3.63) is 42.2 Å². The lowest BCUT2D eigenvalue weighted by Gasteiger charge is -2.10. The number of nitrogens with zero attached hydrogens (tertiary/aromatic N) is 2. The second-order valence-electron chi connectivity index (χ2n) is 4.22. The number of nitrogens with one attached hydrogen (secondary N) is 1. The molecule has 1 heterocycles. The molecule has 0 bridgehead atoms. The molecular formula is C14H19N3. The van der Waals surface area contributed by atoms with Crippen LogP contribution in [0.2, 0.25) is 0 Å². The standard InChI is InChI=1S/C14H19N3/c1-4-17-10-14(9-16-17)13-7-5-12(6-8-13)11(2)15-3/h5-11,15H,4H2,1-3H3/t11-/m0/s1. The maximum Gasteiger partial charge on any atom is 0.0568 e. The van der Waals surface area contributed by atoms with Gasteiger partial charge in [-0.15, -0.1) is 0 Å². The van der Waals surface area contributed by atoms with Crippen molar-refractivity contribution in [3.63, 3.8) is 0 Å². The number of rotatable bonds is 4. The first-order valence-electron chi connectivity index (χ1n) is 6.04. The molecule has 1 aromatic carbocycles. The molecule has 0 saturated carbocycles. The largest absolute Gasteiger partial charge is 0.313 e. The van der Waals surface area contributed by atoms with Gasteiger partial charge in [0.2, 0.25) is 0 Å². The molecule has 0 radical (unpaired) electrons. The van der Waals surface area contributed by atoms with Crippen LogP contribution in [0.1, 0.15) is 25.5 Å². The second kappa shape index (κ2) is 5.15. The smallest absolute Gasteiger partial charge is 0.0568 e. The molecule has 0 aliphatic carbocycles. The van der Waals surface area contributed by atoms with Crippen LogP contribution >= 0.6 is 0 Å². The monoisotopic (exact) mass is 229 g/mol. The van der Waals surface area contributed by atoms with Crippen LogP contribution in [0.15, 0.2) is 36.7 Å². The van der Waals surface area contributed by atoms with E-state index in [1.54, 1.807) is 0 Å². The van der Waals surface area contributed by atoms with E-state index in [0.29, 0.717) is 6.04 Å². The van der Waals surface area contributed by atoms with Crippen LogP contribution in [0, 0.1) is 0 Å². The van der Waals surface area contributed by atoms with Gasteiger partial charge in [-0.25, -0.2) is 0 Å². The van der Waals surface area contributed by atoms with Gasteiger partial charge in [-0.05, 0) is 32.0 Å². The first-order chi connectivity index (χ1) is 8.24. The molecule has 17 heavy (non-hydrogen) atoms. The van der Waals surface area contributed by atoms with Crippen molar-refractivity contribution in [1.82, 2.24) is 15.1 Å². The second-order valence-corrected chi connectivity index (χ2v) is 4.22. The zero-order valence-electron chi connectivity index (χ0n) is 10.6. The molecule has 2 rings (SSSR count). The van der Waals surface area contributed by atoms with E-state index in [9.17, 15) is 0 Å².